The number of ether oxygens (including phenoxy) is 1. The van der Waals surface area contributed by atoms with Gasteiger partial charge in [0.15, 0.2) is 0 Å². The average molecular weight is 300 g/mol. The molecule has 0 radical (unpaired) electrons. The summed E-state index contributed by atoms with van der Waals surface area (Å²) in [5, 5.41) is 3.48. The van der Waals surface area contributed by atoms with Crippen molar-refractivity contribution in [3.05, 3.63) is 33.8 Å². The van der Waals surface area contributed by atoms with Crippen molar-refractivity contribution in [3.8, 4) is 0 Å². The first kappa shape index (κ1) is 14.7. The molecule has 1 N–H and O–H groups in total. The Morgan fingerprint density at radius 3 is 2.65 bits per heavy atom. The molecule has 1 aromatic carbocycles. The lowest BCUT2D eigenvalue weighted by Crippen LogP contribution is -2.27. The van der Waals surface area contributed by atoms with Crippen LogP contribution in [0.4, 0.5) is 0 Å². The number of likely N-dealkylation sites (N-methyl/N-ethyl adjacent to an activating group) is 1. The molecule has 1 unspecified atom stereocenters. The number of aryl methyl sites for hydroxylation is 1. The van der Waals surface area contributed by atoms with Crippen LogP contribution in [0.5, 0.6) is 0 Å². The minimum atomic E-state index is 0.264. The highest BCUT2D eigenvalue weighted by Crippen LogP contribution is 2.23. The molecule has 0 aliphatic heterocycles. The molecule has 17 heavy (non-hydrogen) atoms. The third kappa shape index (κ3) is 4.78. The normalized spacial score (nSPS) is 13.1. The van der Waals surface area contributed by atoms with E-state index in [1.165, 1.54) is 11.1 Å². The van der Waals surface area contributed by atoms with E-state index >= 15 is 0 Å². The maximum absolute atomic E-state index is 5.73. The van der Waals surface area contributed by atoms with E-state index in [1.54, 1.807) is 0 Å². The molecule has 1 rings (SSSR count). The van der Waals surface area contributed by atoms with E-state index in [0.29, 0.717) is 6.61 Å². The lowest BCUT2D eigenvalue weighted by atomic mass is 10.0. The fourth-order valence-corrected chi connectivity index (χ4v) is 2.16. The van der Waals surface area contributed by atoms with Gasteiger partial charge in [0.1, 0.15) is 0 Å². The van der Waals surface area contributed by atoms with Crippen LogP contribution in [0.3, 0.4) is 0 Å². The summed E-state index contributed by atoms with van der Waals surface area (Å²) in [5.41, 5.74) is 2.60. The van der Waals surface area contributed by atoms with Crippen molar-refractivity contribution in [3.63, 3.8) is 0 Å². The highest BCUT2D eigenvalue weighted by molar-refractivity contribution is 9.10. The van der Waals surface area contributed by atoms with Gasteiger partial charge in [0.05, 0.1) is 18.8 Å². The van der Waals surface area contributed by atoms with Crippen molar-refractivity contribution in [1.82, 2.24) is 5.32 Å². The molecule has 0 aromatic heterocycles. The molecule has 0 aliphatic carbocycles. The number of hydrogen-bond donors (Lipinski definition) is 1. The van der Waals surface area contributed by atoms with Crippen LogP contribution in [0, 0.1) is 6.92 Å². The molecule has 0 saturated heterocycles. The zero-order chi connectivity index (χ0) is 12.8. The van der Waals surface area contributed by atoms with Gasteiger partial charge in [-0.05, 0) is 50.6 Å². The number of halogens is 1. The Bertz CT molecular complexity index is 352. The Morgan fingerprint density at radius 1 is 1.35 bits per heavy atom. The molecule has 1 atom stereocenters. The topological polar surface area (TPSA) is 21.3 Å². The number of benzene rings is 1. The Hall–Kier alpha value is -0.380. The zero-order valence-electron chi connectivity index (χ0n) is 11.1. The molecular formula is C14H22BrNO. The van der Waals surface area contributed by atoms with Crippen LogP contribution in [0.2, 0.25) is 0 Å². The third-order valence-electron chi connectivity index (χ3n) is 2.66. The van der Waals surface area contributed by atoms with Gasteiger partial charge in [-0.25, -0.2) is 0 Å². The highest BCUT2D eigenvalue weighted by Gasteiger charge is 2.14. The monoisotopic (exact) mass is 299 g/mol. The lowest BCUT2D eigenvalue weighted by Gasteiger charge is -2.22. The van der Waals surface area contributed by atoms with Gasteiger partial charge in [-0.1, -0.05) is 28.9 Å². The Morgan fingerprint density at radius 2 is 2.06 bits per heavy atom. The van der Waals surface area contributed by atoms with Gasteiger partial charge < -0.3 is 10.1 Å². The first-order chi connectivity index (χ1) is 8.04. The van der Waals surface area contributed by atoms with Crippen molar-refractivity contribution >= 4 is 15.9 Å². The number of rotatable bonds is 6. The summed E-state index contributed by atoms with van der Waals surface area (Å²) in [6.45, 7) is 10.0. The molecule has 0 saturated carbocycles. The van der Waals surface area contributed by atoms with Crippen LogP contribution < -0.4 is 5.32 Å². The quantitative estimate of drug-likeness (QED) is 0.862. The van der Waals surface area contributed by atoms with Gasteiger partial charge in [-0.2, -0.15) is 0 Å². The van der Waals surface area contributed by atoms with Gasteiger partial charge in [0, 0.05) is 4.47 Å². The molecule has 0 bridgehead atoms. The molecule has 0 aliphatic rings. The average Bonchev–Trinajstić information content (AvgIpc) is 2.27. The van der Waals surface area contributed by atoms with Crippen LogP contribution in [0.25, 0.3) is 0 Å². The Balaban J connectivity index is 2.84. The van der Waals surface area contributed by atoms with Gasteiger partial charge in [-0.15, -0.1) is 0 Å². The van der Waals surface area contributed by atoms with Gasteiger partial charge in [-0.3, -0.25) is 0 Å². The second-order valence-corrected chi connectivity index (χ2v) is 5.41. The highest BCUT2D eigenvalue weighted by atomic mass is 79.9. The van der Waals surface area contributed by atoms with Crippen molar-refractivity contribution in [2.24, 2.45) is 0 Å². The van der Waals surface area contributed by atoms with Crippen LogP contribution >= 0.6 is 15.9 Å². The minimum Gasteiger partial charge on any atom is -0.377 e. The molecule has 96 valence electrons. The van der Waals surface area contributed by atoms with Gasteiger partial charge >= 0.3 is 0 Å². The van der Waals surface area contributed by atoms with E-state index in [2.05, 4.69) is 67.1 Å². The molecule has 1 aromatic rings. The van der Waals surface area contributed by atoms with Crippen molar-refractivity contribution in [1.29, 1.82) is 0 Å². The molecular weight excluding hydrogens is 278 g/mol. The van der Waals surface area contributed by atoms with Crippen LogP contribution in [-0.2, 0) is 4.74 Å². The van der Waals surface area contributed by atoms with Crippen molar-refractivity contribution in [2.75, 3.05) is 13.2 Å². The second-order valence-electron chi connectivity index (χ2n) is 4.49. The lowest BCUT2D eigenvalue weighted by molar-refractivity contribution is 0.0613. The predicted molar refractivity (Wildman–Crippen MR) is 76.4 cm³/mol. The SMILES string of the molecule is CCNC(COC(C)C)c1cc(Br)ccc1C. The smallest absolute Gasteiger partial charge is 0.0665 e. The van der Waals surface area contributed by atoms with E-state index in [-0.39, 0.29) is 12.1 Å². The summed E-state index contributed by atoms with van der Waals surface area (Å²) >= 11 is 3.53. The van der Waals surface area contributed by atoms with Gasteiger partial charge in [0.2, 0.25) is 0 Å². The second kappa shape index (κ2) is 7.14. The van der Waals surface area contributed by atoms with Crippen LogP contribution in [-0.4, -0.2) is 19.3 Å². The largest absolute Gasteiger partial charge is 0.377 e. The van der Waals surface area contributed by atoms with E-state index < -0.39 is 0 Å². The molecule has 0 heterocycles. The van der Waals surface area contributed by atoms with Gasteiger partial charge in [0.25, 0.3) is 0 Å². The van der Waals surface area contributed by atoms with E-state index in [1.807, 2.05) is 0 Å². The summed E-state index contributed by atoms with van der Waals surface area (Å²) in [6, 6.07) is 6.65. The summed E-state index contributed by atoms with van der Waals surface area (Å²) < 4.78 is 6.84. The fraction of sp³-hybridized carbons (Fsp3) is 0.571. The van der Waals surface area contributed by atoms with E-state index in [0.717, 1.165) is 11.0 Å². The molecule has 0 spiro atoms. The molecule has 2 nitrogen and oxygen atoms in total. The number of nitrogens with one attached hydrogen (secondary N) is 1. The molecule has 0 amide bonds. The van der Waals surface area contributed by atoms with Crippen molar-refractivity contribution < 1.29 is 4.74 Å². The van der Waals surface area contributed by atoms with Crippen LogP contribution in [0.1, 0.15) is 37.9 Å². The fourth-order valence-electron chi connectivity index (χ4n) is 1.78. The molecule has 0 fully saturated rings. The first-order valence-electron chi connectivity index (χ1n) is 6.15. The zero-order valence-corrected chi connectivity index (χ0v) is 12.7. The minimum absolute atomic E-state index is 0.264. The maximum atomic E-state index is 5.73. The Labute approximate surface area is 113 Å². The van der Waals surface area contributed by atoms with Crippen molar-refractivity contribution in [2.45, 2.75) is 39.8 Å². The van der Waals surface area contributed by atoms with E-state index in [9.17, 15) is 0 Å². The summed E-state index contributed by atoms with van der Waals surface area (Å²) in [7, 11) is 0. The summed E-state index contributed by atoms with van der Waals surface area (Å²) in [6.07, 6.45) is 0.267. The standard InChI is InChI=1S/C14H22BrNO/c1-5-16-14(9-17-10(2)3)13-8-12(15)7-6-11(13)4/h6-8,10,14,16H,5,9H2,1-4H3. The molecule has 3 heteroatoms. The number of hydrogen-bond acceptors (Lipinski definition) is 2. The maximum Gasteiger partial charge on any atom is 0.0665 e. The predicted octanol–water partition coefficient (Wildman–Crippen LogP) is 3.83. The van der Waals surface area contributed by atoms with Crippen LogP contribution in [0.15, 0.2) is 22.7 Å². The summed E-state index contributed by atoms with van der Waals surface area (Å²) in [5.74, 6) is 0. The summed E-state index contributed by atoms with van der Waals surface area (Å²) in [4.78, 5) is 0. The van der Waals surface area contributed by atoms with E-state index in [4.69, 9.17) is 4.74 Å². The third-order valence-corrected chi connectivity index (χ3v) is 3.16. The Kier molecular flexibility index (Phi) is 6.17. The first-order valence-corrected chi connectivity index (χ1v) is 6.95.